The Kier molecular flexibility index (Phi) is 2.67. The molecule has 1 aliphatic heterocycles. The van der Waals surface area contributed by atoms with E-state index >= 15 is 0 Å². The molecule has 0 amide bonds. The van der Waals surface area contributed by atoms with E-state index < -0.39 is 0 Å². The van der Waals surface area contributed by atoms with Crippen LogP contribution in [0.4, 0.5) is 11.4 Å². The standard InChI is InChI=1S/C14H13BrN2O/c1-8-2-3-9(6-11(8)15)14-17-12-7-10(16)4-5-13(12)18-14/h2-7,14,17H,16H2,1H3. The normalized spacial score (nSPS) is 16.9. The second kappa shape index (κ2) is 4.21. The number of hydrogen-bond acceptors (Lipinski definition) is 3. The van der Waals surface area contributed by atoms with Crippen molar-refractivity contribution in [2.75, 3.05) is 11.1 Å². The smallest absolute Gasteiger partial charge is 0.196 e. The molecule has 1 aliphatic rings. The molecule has 0 radical (unpaired) electrons. The van der Waals surface area contributed by atoms with Gasteiger partial charge in [-0.1, -0.05) is 28.1 Å². The highest BCUT2D eigenvalue weighted by molar-refractivity contribution is 9.10. The molecular weight excluding hydrogens is 292 g/mol. The molecule has 0 spiro atoms. The Morgan fingerprint density at radius 2 is 2.06 bits per heavy atom. The summed E-state index contributed by atoms with van der Waals surface area (Å²) in [4.78, 5) is 0. The van der Waals surface area contributed by atoms with Crippen LogP contribution >= 0.6 is 15.9 Å². The van der Waals surface area contributed by atoms with E-state index in [9.17, 15) is 0 Å². The average Bonchev–Trinajstić information content (AvgIpc) is 2.75. The first-order valence-electron chi connectivity index (χ1n) is 5.72. The first kappa shape index (κ1) is 11.4. The molecule has 18 heavy (non-hydrogen) atoms. The van der Waals surface area contributed by atoms with Crippen LogP contribution < -0.4 is 15.8 Å². The van der Waals surface area contributed by atoms with Crippen LogP contribution in [0.2, 0.25) is 0 Å². The van der Waals surface area contributed by atoms with Crippen molar-refractivity contribution in [3.63, 3.8) is 0 Å². The summed E-state index contributed by atoms with van der Waals surface area (Å²) in [5.41, 5.74) is 9.72. The molecule has 2 aromatic carbocycles. The number of nitrogens with two attached hydrogens (primary N) is 1. The SMILES string of the molecule is Cc1ccc(C2Nc3cc(N)ccc3O2)cc1Br. The van der Waals surface area contributed by atoms with Gasteiger partial charge in [0.1, 0.15) is 5.75 Å². The van der Waals surface area contributed by atoms with Crippen molar-refractivity contribution in [3.8, 4) is 5.75 Å². The summed E-state index contributed by atoms with van der Waals surface area (Å²) >= 11 is 3.54. The molecule has 2 aromatic rings. The van der Waals surface area contributed by atoms with Gasteiger partial charge in [0.05, 0.1) is 5.69 Å². The van der Waals surface area contributed by atoms with Gasteiger partial charge in [0, 0.05) is 15.7 Å². The third-order valence-electron chi connectivity index (χ3n) is 3.03. The van der Waals surface area contributed by atoms with Crippen LogP contribution in [0.1, 0.15) is 17.4 Å². The predicted octanol–water partition coefficient (Wildman–Crippen LogP) is 3.84. The van der Waals surface area contributed by atoms with Crippen molar-refractivity contribution in [2.45, 2.75) is 13.2 Å². The fourth-order valence-electron chi connectivity index (χ4n) is 1.98. The highest BCUT2D eigenvalue weighted by Crippen LogP contribution is 2.39. The lowest BCUT2D eigenvalue weighted by Crippen LogP contribution is -2.10. The van der Waals surface area contributed by atoms with Crippen molar-refractivity contribution in [1.82, 2.24) is 0 Å². The van der Waals surface area contributed by atoms with Crippen molar-refractivity contribution in [2.24, 2.45) is 0 Å². The molecule has 0 aliphatic carbocycles. The lowest BCUT2D eigenvalue weighted by molar-refractivity contribution is 0.260. The van der Waals surface area contributed by atoms with E-state index in [1.807, 2.05) is 18.2 Å². The van der Waals surface area contributed by atoms with Gasteiger partial charge >= 0.3 is 0 Å². The average molecular weight is 305 g/mol. The van der Waals surface area contributed by atoms with Crippen LogP contribution in [0, 0.1) is 6.92 Å². The van der Waals surface area contributed by atoms with Crippen molar-refractivity contribution < 1.29 is 4.74 Å². The Labute approximate surface area is 114 Å². The number of rotatable bonds is 1. The minimum atomic E-state index is -0.154. The molecule has 3 nitrogen and oxygen atoms in total. The Bertz CT molecular complexity index is 613. The van der Waals surface area contributed by atoms with Crippen LogP contribution in [0.5, 0.6) is 5.75 Å². The number of halogens is 1. The van der Waals surface area contributed by atoms with Gasteiger partial charge in [0.25, 0.3) is 0 Å². The lowest BCUT2D eigenvalue weighted by Gasteiger charge is -2.12. The Balaban J connectivity index is 1.91. The maximum absolute atomic E-state index is 5.86. The molecule has 0 saturated heterocycles. The summed E-state index contributed by atoms with van der Waals surface area (Å²) in [5, 5.41) is 3.32. The molecule has 3 rings (SSSR count). The van der Waals surface area contributed by atoms with Crippen molar-refractivity contribution in [3.05, 3.63) is 52.0 Å². The van der Waals surface area contributed by atoms with E-state index in [4.69, 9.17) is 10.5 Å². The number of hydrogen-bond donors (Lipinski definition) is 2. The molecular formula is C14H13BrN2O. The highest BCUT2D eigenvalue weighted by atomic mass is 79.9. The largest absolute Gasteiger partial charge is 0.464 e. The van der Waals surface area contributed by atoms with Gasteiger partial charge in [-0.25, -0.2) is 0 Å². The summed E-state index contributed by atoms with van der Waals surface area (Å²) < 4.78 is 6.94. The first-order valence-corrected chi connectivity index (χ1v) is 6.51. The molecule has 1 atom stereocenters. The minimum Gasteiger partial charge on any atom is -0.464 e. The first-order chi connectivity index (χ1) is 8.63. The van der Waals surface area contributed by atoms with Crippen LogP contribution in [0.25, 0.3) is 0 Å². The highest BCUT2D eigenvalue weighted by Gasteiger charge is 2.23. The second-order valence-corrected chi connectivity index (χ2v) is 5.26. The third kappa shape index (κ3) is 1.93. The van der Waals surface area contributed by atoms with E-state index in [1.54, 1.807) is 0 Å². The number of benzene rings is 2. The van der Waals surface area contributed by atoms with Gasteiger partial charge < -0.3 is 15.8 Å². The predicted molar refractivity (Wildman–Crippen MR) is 76.7 cm³/mol. The molecule has 3 N–H and O–H groups in total. The quantitative estimate of drug-likeness (QED) is 0.787. The van der Waals surface area contributed by atoms with E-state index in [0.29, 0.717) is 0 Å². The van der Waals surface area contributed by atoms with E-state index in [0.717, 1.165) is 27.2 Å². The number of fused-ring (bicyclic) bond motifs is 1. The van der Waals surface area contributed by atoms with Crippen LogP contribution in [0.15, 0.2) is 40.9 Å². The van der Waals surface area contributed by atoms with Crippen LogP contribution in [0.3, 0.4) is 0 Å². The summed E-state index contributed by atoms with van der Waals surface area (Å²) in [7, 11) is 0. The van der Waals surface area contributed by atoms with Crippen LogP contribution in [-0.4, -0.2) is 0 Å². The lowest BCUT2D eigenvalue weighted by atomic mass is 10.1. The van der Waals surface area contributed by atoms with E-state index in [2.05, 4.69) is 46.4 Å². The maximum atomic E-state index is 5.86. The van der Waals surface area contributed by atoms with Crippen LogP contribution in [-0.2, 0) is 0 Å². The summed E-state index contributed by atoms with van der Waals surface area (Å²) in [6.45, 7) is 2.06. The zero-order valence-corrected chi connectivity index (χ0v) is 11.5. The molecule has 4 heteroatoms. The summed E-state index contributed by atoms with van der Waals surface area (Å²) in [5.74, 6) is 0.839. The fourth-order valence-corrected chi connectivity index (χ4v) is 2.38. The maximum Gasteiger partial charge on any atom is 0.196 e. The summed E-state index contributed by atoms with van der Waals surface area (Å²) in [6.07, 6.45) is -0.154. The Morgan fingerprint density at radius 1 is 1.22 bits per heavy atom. The zero-order chi connectivity index (χ0) is 12.7. The molecule has 0 aromatic heterocycles. The number of aryl methyl sites for hydroxylation is 1. The molecule has 0 bridgehead atoms. The number of nitrogens with one attached hydrogen (secondary N) is 1. The van der Waals surface area contributed by atoms with Gasteiger partial charge in [-0.2, -0.15) is 0 Å². The molecule has 0 fully saturated rings. The van der Waals surface area contributed by atoms with Crippen molar-refractivity contribution in [1.29, 1.82) is 0 Å². The Morgan fingerprint density at radius 3 is 2.83 bits per heavy atom. The second-order valence-electron chi connectivity index (χ2n) is 4.41. The molecule has 1 unspecified atom stereocenters. The van der Waals surface area contributed by atoms with Gasteiger partial charge in [-0.3, -0.25) is 0 Å². The van der Waals surface area contributed by atoms with E-state index in [-0.39, 0.29) is 6.23 Å². The van der Waals surface area contributed by atoms with Crippen molar-refractivity contribution >= 4 is 27.3 Å². The number of anilines is 2. The van der Waals surface area contributed by atoms with E-state index in [1.165, 1.54) is 5.56 Å². The fraction of sp³-hybridized carbons (Fsp3) is 0.143. The van der Waals surface area contributed by atoms with Gasteiger partial charge in [-0.05, 0) is 36.8 Å². The third-order valence-corrected chi connectivity index (χ3v) is 3.89. The number of nitrogen functional groups attached to an aromatic ring is 1. The zero-order valence-electron chi connectivity index (χ0n) is 9.91. The molecule has 92 valence electrons. The van der Waals surface area contributed by atoms with Gasteiger partial charge in [0.2, 0.25) is 0 Å². The van der Waals surface area contributed by atoms with Gasteiger partial charge in [-0.15, -0.1) is 0 Å². The molecule has 0 saturated carbocycles. The van der Waals surface area contributed by atoms with Gasteiger partial charge in [0.15, 0.2) is 6.23 Å². The minimum absolute atomic E-state index is 0.154. The Hall–Kier alpha value is -1.68. The monoisotopic (exact) mass is 304 g/mol. The molecule has 1 heterocycles. The number of ether oxygens (including phenoxy) is 1. The summed E-state index contributed by atoms with van der Waals surface area (Å²) in [6, 6.07) is 11.8. The topological polar surface area (TPSA) is 47.3 Å².